The van der Waals surface area contributed by atoms with Gasteiger partial charge in [-0.25, -0.2) is 0 Å². The minimum atomic E-state index is -0.225. The molecule has 0 bridgehead atoms. The number of rotatable bonds is 14. The summed E-state index contributed by atoms with van der Waals surface area (Å²) in [5, 5.41) is 17.4. The van der Waals surface area contributed by atoms with Gasteiger partial charge in [0, 0.05) is 37.7 Å². The molecule has 1 amide bonds. The van der Waals surface area contributed by atoms with Crippen LogP contribution >= 0.6 is 23.5 Å². The van der Waals surface area contributed by atoms with Gasteiger partial charge in [-0.3, -0.25) is 4.79 Å². The molecule has 49 heavy (non-hydrogen) atoms. The van der Waals surface area contributed by atoms with Crippen LogP contribution in [0.3, 0.4) is 0 Å². The first-order valence-corrected chi connectivity index (χ1v) is 18.4. The first-order valence-electron chi connectivity index (χ1n) is 16.7. The Bertz CT molecular complexity index is 1860. The maximum Gasteiger partial charge on any atom is 0.262 e. The fourth-order valence-corrected chi connectivity index (χ4v) is 7.08. The summed E-state index contributed by atoms with van der Waals surface area (Å²) in [7, 11) is 0. The fraction of sp³-hybridized carbons (Fsp3) is 0.262. The largest absolute Gasteiger partial charge is 0.507 e. The van der Waals surface area contributed by atoms with E-state index in [0.717, 1.165) is 55.1 Å². The van der Waals surface area contributed by atoms with E-state index in [4.69, 9.17) is 4.74 Å². The molecule has 5 aromatic rings. The molecule has 0 saturated carbocycles. The topological polar surface area (TPSA) is 70.6 Å². The van der Waals surface area contributed by atoms with Crippen molar-refractivity contribution in [2.24, 2.45) is 0 Å². The number of ether oxygens (including phenoxy) is 1. The summed E-state index contributed by atoms with van der Waals surface area (Å²) in [6.45, 7) is 13.3. The molecule has 0 aliphatic carbocycles. The van der Waals surface area contributed by atoms with Gasteiger partial charge in [0.25, 0.3) is 5.91 Å². The lowest BCUT2D eigenvalue weighted by molar-refractivity contribution is -0.118. The average molecular weight is 691 g/mol. The number of carbonyl (C=O) groups is 1. The summed E-state index contributed by atoms with van der Waals surface area (Å²) in [5.41, 5.74) is 4.65. The van der Waals surface area contributed by atoms with Gasteiger partial charge in [-0.15, -0.1) is 0 Å². The normalized spacial score (nSPS) is 11.6. The summed E-state index contributed by atoms with van der Waals surface area (Å²) in [5.74, 6) is 0.724. The van der Waals surface area contributed by atoms with Crippen LogP contribution in [-0.2, 0) is 15.6 Å². The number of nitrogens with one attached hydrogen (secondary N) is 2. The standard InChI is InChI=1S/C42H46N2O3S2/c1-7-41(3,4)29-19-24-37(34(25-29)42(5,6)8-2)47-28-40(46)44-31-22-20-30(21-23-31)43-35-26-36(45)39(49-33-17-13-10-14-18-33)27-38(35)48-32-15-11-9-12-16-32/h9-27,43,45H,7-8,28H2,1-6H3,(H,44,46). The number of amides is 1. The molecule has 0 unspecified atom stereocenters. The zero-order valence-corrected chi connectivity index (χ0v) is 30.8. The summed E-state index contributed by atoms with van der Waals surface area (Å²) in [4.78, 5) is 16.9. The van der Waals surface area contributed by atoms with Crippen molar-refractivity contribution in [1.82, 2.24) is 0 Å². The van der Waals surface area contributed by atoms with Gasteiger partial charge < -0.3 is 20.5 Å². The molecule has 0 heterocycles. The van der Waals surface area contributed by atoms with Crippen LogP contribution in [0.25, 0.3) is 0 Å². The maximum atomic E-state index is 13.0. The number of carbonyl (C=O) groups excluding carboxylic acids is 1. The number of phenolic OH excluding ortho intramolecular Hbond substituents is 1. The van der Waals surface area contributed by atoms with Gasteiger partial charge in [0.1, 0.15) is 11.5 Å². The van der Waals surface area contributed by atoms with Crippen molar-refractivity contribution in [3.8, 4) is 11.5 Å². The fourth-order valence-electron chi connectivity index (χ4n) is 5.18. The molecule has 0 aliphatic heterocycles. The second-order valence-electron chi connectivity index (χ2n) is 13.4. The van der Waals surface area contributed by atoms with Crippen molar-refractivity contribution in [3.05, 3.63) is 126 Å². The average Bonchev–Trinajstić information content (AvgIpc) is 3.11. The first-order chi connectivity index (χ1) is 23.5. The second kappa shape index (κ2) is 15.9. The molecule has 0 spiro atoms. The Labute approximate surface area is 299 Å². The van der Waals surface area contributed by atoms with Crippen LogP contribution in [0.4, 0.5) is 17.1 Å². The number of benzene rings is 5. The van der Waals surface area contributed by atoms with Gasteiger partial charge in [0.15, 0.2) is 6.61 Å². The molecule has 0 aromatic heterocycles. The summed E-state index contributed by atoms with van der Waals surface area (Å²) in [6.07, 6.45) is 1.99. The van der Waals surface area contributed by atoms with E-state index < -0.39 is 0 Å². The Morgan fingerprint density at radius 2 is 1.27 bits per heavy atom. The lowest BCUT2D eigenvalue weighted by atomic mass is 9.76. The van der Waals surface area contributed by atoms with Crippen molar-refractivity contribution < 1.29 is 14.6 Å². The molecular weight excluding hydrogens is 645 g/mol. The number of anilines is 3. The van der Waals surface area contributed by atoms with E-state index >= 15 is 0 Å². The summed E-state index contributed by atoms with van der Waals surface area (Å²) < 4.78 is 6.13. The Morgan fingerprint density at radius 1 is 0.694 bits per heavy atom. The minimum absolute atomic E-state index is 0.0586. The molecule has 5 nitrogen and oxygen atoms in total. The number of hydrogen-bond donors (Lipinski definition) is 3. The van der Waals surface area contributed by atoms with E-state index in [9.17, 15) is 9.90 Å². The van der Waals surface area contributed by atoms with Crippen LogP contribution in [0, 0.1) is 0 Å². The highest BCUT2D eigenvalue weighted by molar-refractivity contribution is 8.00. The second-order valence-corrected chi connectivity index (χ2v) is 15.6. The van der Waals surface area contributed by atoms with Gasteiger partial charge in [-0.1, -0.05) is 114 Å². The molecule has 7 heteroatoms. The van der Waals surface area contributed by atoms with Crippen LogP contribution < -0.4 is 15.4 Å². The Kier molecular flexibility index (Phi) is 11.7. The molecule has 0 atom stereocenters. The third-order valence-corrected chi connectivity index (χ3v) is 11.2. The van der Waals surface area contributed by atoms with Crippen molar-refractivity contribution in [2.75, 3.05) is 17.2 Å². The van der Waals surface area contributed by atoms with E-state index in [1.165, 1.54) is 17.3 Å². The molecule has 3 N–H and O–H groups in total. The molecule has 0 saturated heterocycles. The van der Waals surface area contributed by atoms with Gasteiger partial charge >= 0.3 is 0 Å². The zero-order valence-electron chi connectivity index (χ0n) is 29.2. The van der Waals surface area contributed by atoms with Crippen LogP contribution in [-0.4, -0.2) is 17.6 Å². The van der Waals surface area contributed by atoms with Crippen molar-refractivity contribution in [1.29, 1.82) is 0 Å². The number of hydrogen-bond acceptors (Lipinski definition) is 6. The van der Waals surface area contributed by atoms with E-state index in [1.54, 1.807) is 17.8 Å². The predicted molar refractivity (Wildman–Crippen MR) is 206 cm³/mol. The number of phenols is 1. The minimum Gasteiger partial charge on any atom is -0.507 e. The predicted octanol–water partition coefficient (Wildman–Crippen LogP) is 11.8. The van der Waals surface area contributed by atoms with Crippen molar-refractivity contribution >= 4 is 46.5 Å². The molecule has 5 aromatic carbocycles. The Morgan fingerprint density at radius 3 is 1.86 bits per heavy atom. The molecule has 0 aliphatic rings. The zero-order chi connectivity index (χ0) is 35.0. The van der Waals surface area contributed by atoms with Crippen LogP contribution in [0.5, 0.6) is 11.5 Å². The lowest BCUT2D eigenvalue weighted by Crippen LogP contribution is -2.24. The Hall–Kier alpha value is -4.33. The molecule has 0 fully saturated rings. The Balaban J connectivity index is 1.28. The van der Waals surface area contributed by atoms with E-state index in [2.05, 4.69) is 76.4 Å². The van der Waals surface area contributed by atoms with Gasteiger partial charge in [-0.2, -0.15) is 0 Å². The monoisotopic (exact) mass is 690 g/mol. The van der Waals surface area contributed by atoms with Crippen LogP contribution in [0.15, 0.2) is 135 Å². The van der Waals surface area contributed by atoms with E-state index in [-0.39, 0.29) is 29.1 Å². The molecular formula is C42H46N2O3S2. The van der Waals surface area contributed by atoms with E-state index in [0.29, 0.717) is 5.69 Å². The SMILES string of the molecule is CCC(C)(C)c1ccc(OCC(=O)Nc2ccc(Nc3cc(O)c(Sc4ccccc4)cc3Sc3ccccc3)cc2)c(C(C)(C)CC)c1. The maximum absolute atomic E-state index is 13.0. The van der Waals surface area contributed by atoms with Gasteiger partial charge in [-0.05, 0) is 89.9 Å². The van der Waals surface area contributed by atoms with Crippen LogP contribution in [0.2, 0.25) is 0 Å². The molecule has 0 radical (unpaired) electrons. The number of aromatic hydroxyl groups is 1. The highest BCUT2D eigenvalue weighted by Gasteiger charge is 2.27. The highest BCUT2D eigenvalue weighted by Crippen LogP contribution is 2.44. The highest BCUT2D eigenvalue weighted by atomic mass is 32.2. The third-order valence-electron chi connectivity index (χ3n) is 9.07. The smallest absolute Gasteiger partial charge is 0.262 e. The summed E-state index contributed by atoms with van der Waals surface area (Å²) in [6, 6.07) is 37.9. The lowest BCUT2D eigenvalue weighted by Gasteiger charge is -2.30. The van der Waals surface area contributed by atoms with Crippen molar-refractivity contribution in [3.63, 3.8) is 0 Å². The third kappa shape index (κ3) is 9.43. The molecule has 5 rings (SSSR count). The van der Waals surface area contributed by atoms with Crippen LogP contribution in [0.1, 0.15) is 65.5 Å². The summed E-state index contributed by atoms with van der Waals surface area (Å²) >= 11 is 3.16. The molecule has 254 valence electrons. The van der Waals surface area contributed by atoms with E-state index in [1.807, 2.05) is 84.9 Å². The first kappa shape index (κ1) is 36.0. The quantitative estimate of drug-likeness (QED) is 0.108. The van der Waals surface area contributed by atoms with Gasteiger partial charge in [0.2, 0.25) is 0 Å². The van der Waals surface area contributed by atoms with Gasteiger partial charge in [0.05, 0.1) is 10.6 Å². The van der Waals surface area contributed by atoms with Crippen molar-refractivity contribution in [2.45, 2.75) is 84.8 Å².